The van der Waals surface area contributed by atoms with Gasteiger partial charge in [0.25, 0.3) is 0 Å². The Bertz CT molecular complexity index is 1460. The number of hydrogen-bond donors (Lipinski definition) is 3. The standard InChI is InChI=1S/C23H21N7OS/c1-12(31)17-2-3-18(32-17)15-6-9-25-22-19(15)27-23(28-22)20-16-10-14(11-26-21(16)30-29-20)13-4-7-24-8-5-13/h2-3,6,9-11,13,24H,4-5,7-8H2,1H3,(H,25,27,28)(H,26,29,30). The number of pyridine rings is 2. The summed E-state index contributed by atoms with van der Waals surface area (Å²) >= 11 is 1.47. The molecular formula is C23H21N7OS. The maximum absolute atomic E-state index is 11.7. The van der Waals surface area contributed by atoms with Gasteiger partial charge in [0.2, 0.25) is 0 Å². The number of ketones is 1. The number of nitrogens with one attached hydrogen (secondary N) is 3. The number of imidazole rings is 1. The van der Waals surface area contributed by atoms with Gasteiger partial charge in [-0.3, -0.25) is 9.89 Å². The zero-order chi connectivity index (χ0) is 21.7. The van der Waals surface area contributed by atoms with Crippen molar-refractivity contribution in [2.75, 3.05) is 13.1 Å². The van der Waals surface area contributed by atoms with E-state index in [0.717, 1.165) is 63.5 Å². The molecule has 6 heterocycles. The summed E-state index contributed by atoms with van der Waals surface area (Å²) < 4.78 is 0. The molecule has 32 heavy (non-hydrogen) atoms. The van der Waals surface area contributed by atoms with Crippen molar-refractivity contribution >= 4 is 39.3 Å². The van der Waals surface area contributed by atoms with Crippen LogP contribution in [0.15, 0.2) is 36.7 Å². The number of rotatable bonds is 4. The first-order valence-electron chi connectivity index (χ1n) is 10.7. The molecule has 5 aromatic rings. The molecule has 0 saturated carbocycles. The van der Waals surface area contributed by atoms with Crippen LogP contribution < -0.4 is 5.32 Å². The summed E-state index contributed by atoms with van der Waals surface area (Å²) in [6.45, 7) is 3.65. The molecule has 1 aliphatic rings. The molecule has 0 bridgehead atoms. The van der Waals surface area contributed by atoms with Gasteiger partial charge < -0.3 is 10.3 Å². The molecule has 0 radical (unpaired) electrons. The van der Waals surface area contributed by atoms with Gasteiger partial charge in [-0.1, -0.05) is 0 Å². The molecule has 9 heteroatoms. The number of nitrogens with zero attached hydrogens (tertiary/aromatic N) is 4. The largest absolute Gasteiger partial charge is 0.321 e. The quantitative estimate of drug-likeness (QED) is 0.357. The van der Waals surface area contributed by atoms with Gasteiger partial charge in [0, 0.05) is 22.8 Å². The van der Waals surface area contributed by atoms with Gasteiger partial charge in [-0.05, 0) is 68.6 Å². The molecule has 0 amide bonds. The molecule has 3 N–H and O–H groups in total. The van der Waals surface area contributed by atoms with E-state index in [0.29, 0.717) is 17.4 Å². The molecule has 1 fully saturated rings. The van der Waals surface area contributed by atoms with Crippen molar-refractivity contribution in [3.05, 3.63) is 47.1 Å². The normalized spacial score (nSPS) is 15.0. The molecule has 160 valence electrons. The Balaban J connectivity index is 1.44. The second-order valence-electron chi connectivity index (χ2n) is 8.12. The second kappa shape index (κ2) is 7.61. The topological polar surface area (TPSA) is 112 Å². The van der Waals surface area contributed by atoms with Crippen molar-refractivity contribution in [1.29, 1.82) is 0 Å². The molecule has 0 spiro atoms. The van der Waals surface area contributed by atoms with Gasteiger partial charge in [0.1, 0.15) is 11.2 Å². The molecule has 0 atom stereocenters. The molecule has 8 nitrogen and oxygen atoms in total. The number of piperidine rings is 1. The lowest BCUT2D eigenvalue weighted by molar-refractivity contribution is 0.102. The zero-order valence-corrected chi connectivity index (χ0v) is 18.3. The van der Waals surface area contributed by atoms with Crippen LogP contribution in [0.3, 0.4) is 0 Å². The SMILES string of the molecule is CC(=O)c1ccc(-c2ccnc3[nH]c(-c4n[nH]c5ncc(C6CCNCC6)cc45)nc23)s1. The number of aromatic nitrogens is 6. The minimum Gasteiger partial charge on any atom is -0.321 e. The maximum Gasteiger partial charge on any atom is 0.169 e. The highest BCUT2D eigenvalue weighted by Crippen LogP contribution is 2.35. The fourth-order valence-corrected chi connectivity index (χ4v) is 5.30. The Kier molecular flexibility index (Phi) is 4.58. The first-order chi connectivity index (χ1) is 15.7. The maximum atomic E-state index is 11.7. The molecule has 1 saturated heterocycles. The third-order valence-electron chi connectivity index (χ3n) is 6.08. The second-order valence-corrected chi connectivity index (χ2v) is 9.21. The van der Waals surface area contributed by atoms with Crippen LogP contribution in [0.5, 0.6) is 0 Å². The monoisotopic (exact) mass is 443 g/mol. The van der Waals surface area contributed by atoms with E-state index in [-0.39, 0.29) is 5.78 Å². The molecular weight excluding hydrogens is 422 g/mol. The average Bonchev–Trinajstić information content (AvgIpc) is 3.56. The number of H-pyrrole nitrogens is 2. The van der Waals surface area contributed by atoms with Crippen LogP contribution in [-0.4, -0.2) is 49.0 Å². The van der Waals surface area contributed by atoms with Gasteiger partial charge in [0.05, 0.1) is 10.3 Å². The summed E-state index contributed by atoms with van der Waals surface area (Å²) in [4.78, 5) is 30.7. The Hall–Kier alpha value is -3.43. The van der Waals surface area contributed by atoms with Crippen molar-refractivity contribution < 1.29 is 4.79 Å². The van der Waals surface area contributed by atoms with E-state index in [2.05, 4.69) is 36.5 Å². The van der Waals surface area contributed by atoms with Gasteiger partial charge in [-0.15, -0.1) is 11.3 Å². The van der Waals surface area contributed by atoms with E-state index in [1.54, 1.807) is 13.1 Å². The third-order valence-corrected chi connectivity index (χ3v) is 7.29. The van der Waals surface area contributed by atoms with Gasteiger partial charge in [-0.25, -0.2) is 15.0 Å². The lowest BCUT2D eigenvalue weighted by Gasteiger charge is -2.22. The highest BCUT2D eigenvalue weighted by Gasteiger charge is 2.20. The molecule has 6 rings (SSSR count). The summed E-state index contributed by atoms with van der Waals surface area (Å²) in [7, 11) is 0. The van der Waals surface area contributed by atoms with E-state index in [9.17, 15) is 4.79 Å². The third kappa shape index (κ3) is 3.21. The Labute approximate surface area is 187 Å². The van der Waals surface area contributed by atoms with Crippen molar-refractivity contribution in [2.24, 2.45) is 0 Å². The number of carbonyl (C=O) groups is 1. The van der Waals surface area contributed by atoms with Crippen LogP contribution in [0.2, 0.25) is 0 Å². The highest BCUT2D eigenvalue weighted by molar-refractivity contribution is 7.17. The number of fused-ring (bicyclic) bond motifs is 2. The minimum atomic E-state index is 0.0642. The van der Waals surface area contributed by atoms with E-state index < -0.39 is 0 Å². The highest BCUT2D eigenvalue weighted by atomic mass is 32.1. The Morgan fingerprint density at radius 1 is 1.12 bits per heavy atom. The lowest BCUT2D eigenvalue weighted by Crippen LogP contribution is -2.26. The number of thiophene rings is 1. The number of aromatic amines is 2. The Morgan fingerprint density at radius 2 is 2.00 bits per heavy atom. The zero-order valence-electron chi connectivity index (χ0n) is 17.5. The van der Waals surface area contributed by atoms with E-state index >= 15 is 0 Å². The first kappa shape index (κ1) is 19.3. The van der Waals surface area contributed by atoms with E-state index in [1.165, 1.54) is 16.9 Å². The number of Topliss-reactive ketones (excluding diaryl/α,β-unsaturated/α-hetero) is 1. The summed E-state index contributed by atoms with van der Waals surface area (Å²) in [5.41, 5.74) is 5.13. The van der Waals surface area contributed by atoms with Crippen molar-refractivity contribution in [1.82, 2.24) is 35.5 Å². The van der Waals surface area contributed by atoms with E-state index in [4.69, 9.17) is 4.98 Å². The van der Waals surface area contributed by atoms with Crippen LogP contribution in [0.4, 0.5) is 0 Å². The van der Waals surface area contributed by atoms with Crippen LogP contribution in [0, 0.1) is 0 Å². The van der Waals surface area contributed by atoms with Crippen LogP contribution in [0.1, 0.15) is 40.9 Å². The van der Waals surface area contributed by atoms with Crippen LogP contribution >= 0.6 is 11.3 Å². The summed E-state index contributed by atoms with van der Waals surface area (Å²) in [5, 5.41) is 11.9. The van der Waals surface area contributed by atoms with Crippen LogP contribution in [-0.2, 0) is 0 Å². The van der Waals surface area contributed by atoms with Gasteiger partial charge in [-0.2, -0.15) is 5.10 Å². The number of carbonyl (C=O) groups excluding carboxylic acids is 1. The van der Waals surface area contributed by atoms with Gasteiger partial charge in [0.15, 0.2) is 22.9 Å². The first-order valence-corrected chi connectivity index (χ1v) is 11.5. The van der Waals surface area contributed by atoms with Crippen molar-refractivity contribution in [3.63, 3.8) is 0 Å². The average molecular weight is 444 g/mol. The predicted octanol–water partition coefficient (Wildman–Crippen LogP) is 4.29. The smallest absolute Gasteiger partial charge is 0.169 e. The fourth-order valence-electron chi connectivity index (χ4n) is 4.37. The lowest BCUT2D eigenvalue weighted by atomic mass is 9.91. The van der Waals surface area contributed by atoms with Crippen molar-refractivity contribution in [3.8, 4) is 22.0 Å². The Morgan fingerprint density at radius 3 is 2.81 bits per heavy atom. The fraction of sp³-hybridized carbons (Fsp3) is 0.261. The summed E-state index contributed by atoms with van der Waals surface area (Å²) in [6.07, 6.45) is 5.94. The minimum absolute atomic E-state index is 0.0642. The molecule has 1 aliphatic heterocycles. The van der Waals surface area contributed by atoms with Gasteiger partial charge >= 0.3 is 0 Å². The van der Waals surface area contributed by atoms with Crippen LogP contribution in [0.25, 0.3) is 44.2 Å². The molecule has 0 aliphatic carbocycles. The van der Waals surface area contributed by atoms with Crippen molar-refractivity contribution in [2.45, 2.75) is 25.7 Å². The number of hydrogen-bond acceptors (Lipinski definition) is 7. The molecule has 0 aromatic carbocycles. The summed E-state index contributed by atoms with van der Waals surface area (Å²) in [5.74, 6) is 1.22. The summed E-state index contributed by atoms with van der Waals surface area (Å²) in [6, 6.07) is 7.94. The molecule has 5 aromatic heterocycles. The predicted molar refractivity (Wildman–Crippen MR) is 125 cm³/mol. The van der Waals surface area contributed by atoms with E-state index in [1.807, 2.05) is 24.4 Å². The molecule has 0 unspecified atom stereocenters.